The highest BCUT2D eigenvalue weighted by Gasteiger charge is 2.08. The fourth-order valence-corrected chi connectivity index (χ4v) is 1.70. The minimum atomic E-state index is 0.756. The zero-order valence-electron chi connectivity index (χ0n) is 8.69. The molecule has 5 heteroatoms. The van der Waals surface area contributed by atoms with Crippen LogP contribution in [0.25, 0.3) is 22.2 Å². The second-order valence-electron chi connectivity index (χ2n) is 3.46. The topological polar surface area (TPSA) is 66.7 Å². The second-order valence-corrected chi connectivity index (χ2v) is 3.46. The summed E-state index contributed by atoms with van der Waals surface area (Å²) in [5.41, 5.74) is 2.75. The number of nitrogens with one attached hydrogen (secondary N) is 2. The lowest BCUT2D eigenvalue weighted by molar-refractivity contribution is 0.460. The van der Waals surface area contributed by atoms with Gasteiger partial charge < -0.3 is 14.8 Å². The van der Waals surface area contributed by atoms with E-state index in [1.165, 1.54) is 0 Å². The van der Waals surface area contributed by atoms with Crippen LogP contribution in [-0.2, 0) is 0 Å². The Kier molecular flexibility index (Phi) is 1.89. The van der Waals surface area contributed by atoms with Crippen LogP contribution in [-0.4, -0.2) is 22.2 Å². The van der Waals surface area contributed by atoms with Gasteiger partial charge in [0.1, 0.15) is 0 Å². The van der Waals surface area contributed by atoms with E-state index in [0.29, 0.717) is 0 Å². The molecule has 0 amide bonds. The number of H-pyrrole nitrogens is 1. The van der Waals surface area contributed by atoms with E-state index in [0.717, 1.165) is 28.0 Å². The van der Waals surface area contributed by atoms with Crippen molar-refractivity contribution in [2.24, 2.45) is 0 Å². The molecule has 0 aliphatic carbocycles. The smallest absolute Gasteiger partial charge is 0.177 e. The van der Waals surface area contributed by atoms with Crippen molar-refractivity contribution in [3.8, 4) is 11.3 Å². The number of anilines is 1. The molecule has 1 aromatic carbocycles. The first-order valence-electron chi connectivity index (χ1n) is 4.94. The predicted molar refractivity (Wildman–Crippen MR) is 61.1 cm³/mol. The molecule has 0 atom stereocenters. The average molecular weight is 214 g/mol. The van der Waals surface area contributed by atoms with Gasteiger partial charge in [-0.2, -0.15) is 0 Å². The van der Waals surface area contributed by atoms with Gasteiger partial charge in [0.05, 0.1) is 23.6 Å². The van der Waals surface area contributed by atoms with Crippen molar-refractivity contribution in [1.82, 2.24) is 15.1 Å². The minimum absolute atomic E-state index is 0.756. The van der Waals surface area contributed by atoms with Gasteiger partial charge >= 0.3 is 0 Å². The Morgan fingerprint density at radius 2 is 2.31 bits per heavy atom. The van der Waals surface area contributed by atoms with E-state index in [9.17, 15) is 0 Å². The van der Waals surface area contributed by atoms with Crippen LogP contribution < -0.4 is 5.32 Å². The van der Waals surface area contributed by atoms with Gasteiger partial charge in [-0.05, 0) is 12.1 Å². The maximum Gasteiger partial charge on any atom is 0.177 e. The van der Waals surface area contributed by atoms with Gasteiger partial charge in [0.25, 0.3) is 0 Å². The SMILES string of the molecule is CNc1noc2cc(-c3cnc[nH]3)ccc12. The zero-order chi connectivity index (χ0) is 11.0. The Morgan fingerprint density at radius 3 is 3.06 bits per heavy atom. The van der Waals surface area contributed by atoms with Gasteiger partial charge in [-0.1, -0.05) is 11.2 Å². The van der Waals surface area contributed by atoms with Gasteiger partial charge in [0.15, 0.2) is 11.4 Å². The first kappa shape index (κ1) is 8.96. The molecular formula is C11H10N4O. The van der Waals surface area contributed by atoms with E-state index in [2.05, 4.69) is 20.4 Å². The summed E-state index contributed by atoms with van der Waals surface area (Å²) in [4.78, 5) is 7.04. The first-order chi connectivity index (χ1) is 7.88. The van der Waals surface area contributed by atoms with Gasteiger partial charge in [0.2, 0.25) is 0 Å². The molecule has 0 radical (unpaired) electrons. The van der Waals surface area contributed by atoms with Crippen LogP contribution >= 0.6 is 0 Å². The molecular weight excluding hydrogens is 204 g/mol. The van der Waals surface area contributed by atoms with E-state index in [1.807, 2.05) is 25.2 Å². The molecule has 80 valence electrons. The Balaban J connectivity index is 2.17. The van der Waals surface area contributed by atoms with E-state index < -0.39 is 0 Å². The molecule has 2 heterocycles. The molecule has 0 bridgehead atoms. The molecule has 5 nitrogen and oxygen atoms in total. The highest BCUT2D eigenvalue weighted by molar-refractivity contribution is 5.90. The van der Waals surface area contributed by atoms with Crippen LogP contribution in [0.5, 0.6) is 0 Å². The maximum atomic E-state index is 5.23. The summed E-state index contributed by atoms with van der Waals surface area (Å²) in [5.74, 6) is 0.756. The van der Waals surface area contributed by atoms with Crippen LogP contribution in [0.1, 0.15) is 0 Å². The summed E-state index contributed by atoms with van der Waals surface area (Å²) in [5, 5.41) is 7.88. The second kappa shape index (κ2) is 3.37. The molecule has 0 spiro atoms. The number of hydrogen-bond acceptors (Lipinski definition) is 4. The monoisotopic (exact) mass is 214 g/mol. The Hall–Kier alpha value is -2.30. The Bertz CT molecular complexity index is 612. The highest BCUT2D eigenvalue weighted by Crippen LogP contribution is 2.27. The molecule has 0 fully saturated rings. The normalized spacial score (nSPS) is 10.8. The third-order valence-electron chi connectivity index (χ3n) is 2.52. The van der Waals surface area contributed by atoms with Crippen molar-refractivity contribution in [3.05, 3.63) is 30.7 Å². The minimum Gasteiger partial charge on any atom is -0.370 e. The van der Waals surface area contributed by atoms with E-state index >= 15 is 0 Å². The molecule has 0 saturated heterocycles. The Labute approximate surface area is 91.5 Å². The number of benzene rings is 1. The van der Waals surface area contributed by atoms with Crippen molar-refractivity contribution in [1.29, 1.82) is 0 Å². The number of imidazole rings is 1. The van der Waals surface area contributed by atoms with Crippen LogP contribution in [0, 0.1) is 0 Å². The Morgan fingerprint density at radius 1 is 1.38 bits per heavy atom. The van der Waals surface area contributed by atoms with Gasteiger partial charge in [-0.25, -0.2) is 4.98 Å². The summed E-state index contributed by atoms with van der Waals surface area (Å²) >= 11 is 0. The molecule has 3 rings (SSSR count). The molecule has 0 aliphatic heterocycles. The lowest BCUT2D eigenvalue weighted by atomic mass is 10.1. The lowest BCUT2D eigenvalue weighted by Gasteiger charge is -1.96. The molecule has 0 unspecified atom stereocenters. The first-order valence-corrected chi connectivity index (χ1v) is 4.94. The van der Waals surface area contributed by atoms with Crippen molar-refractivity contribution in [2.75, 3.05) is 12.4 Å². The van der Waals surface area contributed by atoms with E-state index in [4.69, 9.17) is 4.52 Å². The summed E-state index contributed by atoms with van der Waals surface area (Å²) in [7, 11) is 1.82. The van der Waals surface area contributed by atoms with Crippen molar-refractivity contribution >= 4 is 16.8 Å². The summed E-state index contributed by atoms with van der Waals surface area (Å²) in [6, 6.07) is 5.93. The van der Waals surface area contributed by atoms with Crippen LogP contribution in [0.3, 0.4) is 0 Å². The van der Waals surface area contributed by atoms with Crippen molar-refractivity contribution < 1.29 is 4.52 Å². The number of nitrogens with zero attached hydrogens (tertiary/aromatic N) is 2. The van der Waals surface area contributed by atoms with E-state index in [1.54, 1.807) is 12.5 Å². The maximum absolute atomic E-state index is 5.23. The van der Waals surface area contributed by atoms with Gasteiger partial charge in [-0.15, -0.1) is 0 Å². The largest absolute Gasteiger partial charge is 0.370 e. The molecule has 0 aliphatic rings. The third kappa shape index (κ3) is 1.25. The molecule has 3 aromatic rings. The summed E-state index contributed by atoms with van der Waals surface area (Å²) in [6.45, 7) is 0. The van der Waals surface area contributed by atoms with Crippen LogP contribution in [0.2, 0.25) is 0 Å². The summed E-state index contributed by atoms with van der Waals surface area (Å²) < 4.78 is 5.23. The lowest BCUT2D eigenvalue weighted by Crippen LogP contribution is -1.87. The van der Waals surface area contributed by atoms with Gasteiger partial charge in [-0.3, -0.25) is 0 Å². The number of fused-ring (bicyclic) bond motifs is 1. The molecule has 0 saturated carbocycles. The molecule has 16 heavy (non-hydrogen) atoms. The average Bonchev–Trinajstić information content (AvgIpc) is 2.97. The number of aromatic nitrogens is 3. The summed E-state index contributed by atoms with van der Waals surface area (Å²) in [6.07, 6.45) is 3.43. The third-order valence-corrected chi connectivity index (χ3v) is 2.52. The quantitative estimate of drug-likeness (QED) is 0.686. The van der Waals surface area contributed by atoms with E-state index in [-0.39, 0.29) is 0 Å². The standard InChI is InChI=1S/C11H10N4O/c1-12-11-8-3-2-7(4-10(8)16-15-11)9-5-13-6-14-9/h2-6H,1H3,(H,12,15)(H,13,14). The van der Waals surface area contributed by atoms with Crippen molar-refractivity contribution in [3.63, 3.8) is 0 Å². The van der Waals surface area contributed by atoms with Crippen molar-refractivity contribution in [2.45, 2.75) is 0 Å². The number of hydrogen-bond donors (Lipinski definition) is 2. The zero-order valence-corrected chi connectivity index (χ0v) is 8.69. The fraction of sp³-hybridized carbons (Fsp3) is 0.0909. The van der Waals surface area contributed by atoms with Gasteiger partial charge in [0, 0.05) is 12.6 Å². The number of rotatable bonds is 2. The number of aromatic amines is 1. The van der Waals surface area contributed by atoms with Crippen LogP contribution in [0.15, 0.2) is 35.2 Å². The predicted octanol–water partition coefficient (Wildman–Crippen LogP) is 2.26. The highest BCUT2D eigenvalue weighted by atomic mass is 16.5. The fourth-order valence-electron chi connectivity index (χ4n) is 1.70. The van der Waals surface area contributed by atoms with Crippen LogP contribution in [0.4, 0.5) is 5.82 Å². The molecule has 2 aromatic heterocycles. The molecule has 2 N–H and O–H groups in total.